The van der Waals surface area contributed by atoms with Gasteiger partial charge in [-0.2, -0.15) is 0 Å². The van der Waals surface area contributed by atoms with Crippen molar-refractivity contribution in [2.45, 2.75) is 44.9 Å². The van der Waals surface area contributed by atoms with Crippen molar-refractivity contribution < 1.29 is 8.42 Å². The summed E-state index contributed by atoms with van der Waals surface area (Å²) in [5.74, 6) is 0. The van der Waals surface area contributed by atoms with Crippen LogP contribution in [-0.2, 0) is 10.0 Å². The fourth-order valence-electron chi connectivity index (χ4n) is 1.81. The smallest absolute Gasteiger partial charge is 0.214 e. The van der Waals surface area contributed by atoms with Gasteiger partial charge in [-0.3, -0.25) is 0 Å². The van der Waals surface area contributed by atoms with Crippen molar-refractivity contribution >= 4 is 10.0 Å². The van der Waals surface area contributed by atoms with Gasteiger partial charge in [-0.15, -0.1) is 0 Å². The number of sulfonamides is 1. The predicted octanol–water partition coefficient (Wildman–Crippen LogP) is 0.798. The zero-order valence-corrected chi connectivity index (χ0v) is 10.7. The van der Waals surface area contributed by atoms with E-state index in [0.29, 0.717) is 0 Å². The van der Waals surface area contributed by atoms with Crippen molar-refractivity contribution in [1.29, 1.82) is 0 Å². The first-order valence-electron chi connectivity index (χ1n) is 5.65. The second kappa shape index (κ2) is 5.27. The molecule has 1 rings (SSSR count). The summed E-state index contributed by atoms with van der Waals surface area (Å²) in [5, 5.41) is -0.349. The van der Waals surface area contributed by atoms with Gasteiger partial charge in [0.1, 0.15) is 0 Å². The average molecular weight is 234 g/mol. The maximum absolute atomic E-state index is 11.6. The first-order chi connectivity index (χ1) is 6.92. The number of likely N-dealkylation sites (tertiary alicyclic amines) is 1. The third-order valence-electron chi connectivity index (χ3n) is 2.72. The Bertz CT molecular complexity index is 282. The van der Waals surface area contributed by atoms with Gasteiger partial charge in [0, 0.05) is 12.6 Å². The minimum atomic E-state index is -3.12. The fraction of sp³-hybridized carbons (Fsp3) is 1.00. The summed E-state index contributed by atoms with van der Waals surface area (Å²) in [6, 6.07) is 0.00972. The Morgan fingerprint density at radius 3 is 2.20 bits per heavy atom. The van der Waals surface area contributed by atoms with Crippen molar-refractivity contribution in [3.05, 3.63) is 0 Å². The Morgan fingerprint density at radius 1 is 1.20 bits per heavy atom. The van der Waals surface area contributed by atoms with Crippen LogP contribution < -0.4 is 4.72 Å². The van der Waals surface area contributed by atoms with Crippen LogP contribution in [-0.4, -0.2) is 44.2 Å². The van der Waals surface area contributed by atoms with Gasteiger partial charge in [-0.25, -0.2) is 13.1 Å². The third kappa shape index (κ3) is 4.09. The molecule has 0 aromatic carbocycles. The molecule has 0 saturated carbocycles. The topological polar surface area (TPSA) is 49.4 Å². The highest BCUT2D eigenvalue weighted by Crippen LogP contribution is 2.08. The molecule has 0 spiro atoms. The molecule has 0 bridgehead atoms. The van der Waals surface area contributed by atoms with Crippen LogP contribution in [0.2, 0.25) is 0 Å². The summed E-state index contributed by atoms with van der Waals surface area (Å²) in [5.41, 5.74) is 0. The molecule has 0 aliphatic carbocycles. The van der Waals surface area contributed by atoms with Gasteiger partial charge in [0.05, 0.1) is 5.25 Å². The standard InChI is InChI=1S/C10H22N2O2S/c1-9(2)15(13,14)11-10(3)8-12-6-4-5-7-12/h9-11H,4-8H2,1-3H3. The zero-order valence-electron chi connectivity index (χ0n) is 9.86. The lowest BCUT2D eigenvalue weighted by Gasteiger charge is -2.22. The third-order valence-corrected chi connectivity index (χ3v) is 4.69. The van der Waals surface area contributed by atoms with E-state index in [-0.39, 0.29) is 11.3 Å². The Kier molecular flexibility index (Phi) is 4.55. The number of rotatable bonds is 5. The molecule has 5 heteroatoms. The second-order valence-corrected chi connectivity index (χ2v) is 6.89. The van der Waals surface area contributed by atoms with Crippen molar-refractivity contribution in [3.63, 3.8) is 0 Å². The molecule has 1 saturated heterocycles. The van der Waals surface area contributed by atoms with E-state index in [1.807, 2.05) is 6.92 Å². The minimum Gasteiger partial charge on any atom is -0.302 e. The molecule has 1 aliphatic rings. The molecule has 1 aliphatic heterocycles. The normalized spacial score (nSPS) is 21.1. The van der Waals surface area contributed by atoms with E-state index in [9.17, 15) is 8.42 Å². The van der Waals surface area contributed by atoms with Gasteiger partial charge in [0.15, 0.2) is 0 Å². The maximum atomic E-state index is 11.6. The Balaban J connectivity index is 2.38. The summed E-state index contributed by atoms with van der Waals surface area (Å²) in [7, 11) is -3.12. The second-order valence-electron chi connectivity index (χ2n) is 4.62. The highest BCUT2D eigenvalue weighted by atomic mass is 32.2. The van der Waals surface area contributed by atoms with Gasteiger partial charge in [0.2, 0.25) is 10.0 Å². The van der Waals surface area contributed by atoms with Crippen LogP contribution in [0.3, 0.4) is 0 Å². The van der Waals surface area contributed by atoms with E-state index < -0.39 is 10.0 Å². The molecular formula is C10H22N2O2S. The summed E-state index contributed by atoms with van der Waals surface area (Å²) in [4.78, 5) is 2.31. The van der Waals surface area contributed by atoms with Gasteiger partial charge >= 0.3 is 0 Å². The van der Waals surface area contributed by atoms with Crippen molar-refractivity contribution in [2.75, 3.05) is 19.6 Å². The quantitative estimate of drug-likeness (QED) is 0.765. The Hall–Kier alpha value is -0.130. The SMILES string of the molecule is CC(CN1CCCC1)NS(=O)(=O)C(C)C. The largest absolute Gasteiger partial charge is 0.302 e. The van der Waals surface area contributed by atoms with Gasteiger partial charge in [-0.05, 0) is 46.7 Å². The van der Waals surface area contributed by atoms with E-state index >= 15 is 0 Å². The number of nitrogens with one attached hydrogen (secondary N) is 1. The maximum Gasteiger partial charge on any atom is 0.214 e. The molecule has 1 atom stereocenters. The van der Waals surface area contributed by atoms with Crippen LogP contribution in [0.25, 0.3) is 0 Å². The van der Waals surface area contributed by atoms with E-state index in [1.165, 1.54) is 12.8 Å². The Labute approximate surface area is 93.1 Å². The van der Waals surface area contributed by atoms with Crippen LogP contribution in [0, 0.1) is 0 Å². The van der Waals surface area contributed by atoms with Crippen molar-refractivity contribution in [1.82, 2.24) is 9.62 Å². The lowest BCUT2D eigenvalue weighted by Crippen LogP contribution is -2.43. The molecule has 1 N–H and O–H groups in total. The van der Waals surface area contributed by atoms with Gasteiger partial charge < -0.3 is 4.90 Å². The molecule has 0 amide bonds. The van der Waals surface area contributed by atoms with E-state index in [0.717, 1.165) is 19.6 Å². The molecule has 0 radical (unpaired) electrons. The molecule has 1 unspecified atom stereocenters. The highest BCUT2D eigenvalue weighted by Gasteiger charge is 2.21. The lowest BCUT2D eigenvalue weighted by molar-refractivity contribution is 0.312. The van der Waals surface area contributed by atoms with Gasteiger partial charge in [0.25, 0.3) is 0 Å². The zero-order chi connectivity index (χ0) is 11.5. The number of hydrogen-bond donors (Lipinski definition) is 1. The van der Waals surface area contributed by atoms with Crippen LogP contribution >= 0.6 is 0 Å². The molecule has 0 aromatic heterocycles. The van der Waals surface area contributed by atoms with Crippen LogP contribution in [0.5, 0.6) is 0 Å². The first-order valence-corrected chi connectivity index (χ1v) is 7.20. The Morgan fingerprint density at radius 2 is 1.73 bits per heavy atom. The first kappa shape index (κ1) is 12.9. The number of hydrogen-bond acceptors (Lipinski definition) is 3. The van der Waals surface area contributed by atoms with Crippen LogP contribution in [0.4, 0.5) is 0 Å². The van der Waals surface area contributed by atoms with E-state index in [1.54, 1.807) is 13.8 Å². The minimum absolute atomic E-state index is 0.00972. The molecule has 1 fully saturated rings. The molecule has 0 aromatic rings. The molecule has 15 heavy (non-hydrogen) atoms. The summed E-state index contributed by atoms with van der Waals surface area (Å²) >= 11 is 0. The van der Waals surface area contributed by atoms with E-state index in [4.69, 9.17) is 0 Å². The highest BCUT2D eigenvalue weighted by molar-refractivity contribution is 7.90. The summed E-state index contributed by atoms with van der Waals surface area (Å²) in [6.07, 6.45) is 2.48. The van der Waals surface area contributed by atoms with Crippen LogP contribution in [0.15, 0.2) is 0 Å². The van der Waals surface area contributed by atoms with E-state index in [2.05, 4.69) is 9.62 Å². The van der Waals surface area contributed by atoms with Crippen molar-refractivity contribution in [2.24, 2.45) is 0 Å². The predicted molar refractivity (Wildman–Crippen MR) is 62.3 cm³/mol. The molecule has 90 valence electrons. The summed E-state index contributed by atoms with van der Waals surface area (Å²) in [6.45, 7) is 8.36. The monoisotopic (exact) mass is 234 g/mol. The number of nitrogens with zero attached hydrogens (tertiary/aromatic N) is 1. The lowest BCUT2D eigenvalue weighted by atomic mass is 10.3. The van der Waals surface area contributed by atoms with Gasteiger partial charge in [-0.1, -0.05) is 0 Å². The van der Waals surface area contributed by atoms with Crippen molar-refractivity contribution in [3.8, 4) is 0 Å². The molecular weight excluding hydrogens is 212 g/mol. The fourth-order valence-corrected chi connectivity index (χ4v) is 2.71. The van der Waals surface area contributed by atoms with Crippen LogP contribution in [0.1, 0.15) is 33.6 Å². The summed E-state index contributed by atoms with van der Waals surface area (Å²) < 4.78 is 25.9. The molecule has 4 nitrogen and oxygen atoms in total. The molecule has 1 heterocycles. The average Bonchev–Trinajstić information content (AvgIpc) is 2.54.